The van der Waals surface area contributed by atoms with Gasteiger partial charge in [-0.2, -0.15) is 11.8 Å². The number of guanidine groups is 1. The Morgan fingerprint density at radius 2 is 2.00 bits per heavy atom. The van der Waals surface area contributed by atoms with Gasteiger partial charge in [0.1, 0.15) is 5.82 Å². The van der Waals surface area contributed by atoms with Gasteiger partial charge in [0.25, 0.3) is 0 Å². The van der Waals surface area contributed by atoms with Crippen molar-refractivity contribution >= 4 is 17.7 Å². The Bertz CT molecular complexity index is 712. The van der Waals surface area contributed by atoms with Crippen molar-refractivity contribution in [2.24, 2.45) is 4.99 Å². The number of pyridine rings is 1. The Morgan fingerprint density at radius 1 is 1.23 bits per heavy atom. The van der Waals surface area contributed by atoms with Gasteiger partial charge in [-0.3, -0.25) is 4.98 Å². The van der Waals surface area contributed by atoms with Gasteiger partial charge < -0.3 is 15.7 Å². The van der Waals surface area contributed by atoms with E-state index in [2.05, 4.69) is 20.6 Å². The molecule has 0 saturated carbocycles. The first-order valence-corrected chi connectivity index (χ1v) is 9.89. The molecule has 26 heavy (non-hydrogen) atoms. The molecule has 0 saturated heterocycles. The lowest BCUT2D eigenvalue weighted by atomic mass is 10.1. The van der Waals surface area contributed by atoms with Gasteiger partial charge in [-0.05, 0) is 54.1 Å². The van der Waals surface area contributed by atoms with E-state index >= 15 is 0 Å². The van der Waals surface area contributed by atoms with E-state index in [1.807, 2.05) is 13.2 Å². The Morgan fingerprint density at radius 3 is 2.69 bits per heavy atom. The molecule has 0 aliphatic carbocycles. The highest BCUT2D eigenvalue weighted by Crippen LogP contribution is 2.17. The molecule has 5 nitrogen and oxygen atoms in total. The maximum atomic E-state index is 13.5. The van der Waals surface area contributed by atoms with Crippen molar-refractivity contribution in [2.45, 2.75) is 25.3 Å². The molecular weight excluding hydrogens is 351 g/mol. The van der Waals surface area contributed by atoms with E-state index in [4.69, 9.17) is 0 Å². The summed E-state index contributed by atoms with van der Waals surface area (Å²) in [5.41, 5.74) is 2.74. The van der Waals surface area contributed by atoms with E-state index in [-0.39, 0.29) is 5.82 Å². The maximum Gasteiger partial charge on any atom is 0.191 e. The number of halogens is 1. The van der Waals surface area contributed by atoms with Crippen molar-refractivity contribution in [3.05, 3.63) is 65.2 Å². The van der Waals surface area contributed by atoms with Gasteiger partial charge >= 0.3 is 0 Å². The largest absolute Gasteiger partial charge is 0.387 e. The third kappa shape index (κ3) is 6.31. The van der Waals surface area contributed by atoms with Crippen LogP contribution in [0.25, 0.3) is 0 Å². The van der Waals surface area contributed by atoms with Gasteiger partial charge in [-0.25, -0.2) is 9.38 Å². The van der Waals surface area contributed by atoms with Gasteiger partial charge in [0.05, 0.1) is 12.6 Å². The van der Waals surface area contributed by atoms with Crippen molar-refractivity contribution in [1.82, 2.24) is 15.6 Å². The number of nitrogens with one attached hydrogen (secondary N) is 2. The minimum Gasteiger partial charge on any atom is -0.387 e. The molecule has 7 heteroatoms. The molecule has 0 aliphatic heterocycles. The lowest BCUT2D eigenvalue weighted by Crippen LogP contribution is -2.39. The minimum absolute atomic E-state index is 0.229. The molecule has 0 radical (unpaired) electrons. The van der Waals surface area contributed by atoms with Crippen LogP contribution in [0.4, 0.5) is 4.39 Å². The van der Waals surface area contributed by atoms with Crippen LogP contribution in [0, 0.1) is 5.82 Å². The fourth-order valence-corrected chi connectivity index (χ4v) is 3.02. The fourth-order valence-electron chi connectivity index (χ4n) is 2.44. The molecule has 140 valence electrons. The third-order valence-corrected chi connectivity index (χ3v) is 4.37. The normalized spacial score (nSPS) is 12.7. The SMILES string of the molecule is CCNC(=NCc1ccc(F)cc1CSC)NCC(O)c1ccncc1. The summed E-state index contributed by atoms with van der Waals surface area (Å²) >= 11 is 1.65. The lowest BCUT2D eigenvalue weighted by molar-refractivity contribution is 0.180. The van der Waals surface area contributed by atoms with Crippen LogP contribution in [0.15, 0.2) is 47.7 Å². The summed E-state index contributed by atoms with van der Waals surface area (Å²) in [5.74, 6) is 1.13. The molecule has 0 aliphatic rings. The zero-order chi connectivity index (χ0) is 18.8. The number of hydrogen-bond donors (Lipinski definition) is 3. The zero-order valence-corrected chi connectivity index (χ0v) is 15.9. The lowest BCUT2D eigenvalue weighted by Gasteiger charge is -2.16. The molecule has 1 heterocycles. The second-order valence-corrected chi connectivity index (χ2v) is 6.58. The third-order valence-electron chi connectivity index (χ3n) is 3.77. The van der Waals surface area contributed by atoms with Crippen LogP contribution in [0.3, 0.4) is 0 Å². The molecule has 3 N–H and O–H groups in total. The molecule has 0 bridgehead atoms. The number of aliphatic hydroxyl groups is 1. The number of aliphatic imine (C=N–C) groups is 1. The Kier molecular flexibility index (Phi) is 8.37. The summed E-state index contributed by atoms with van der Waals surface area (Å²) < 4.78 is 13.5. The fraction of sp³-hybridized carbons (Fsp3) is 0.368. The standard InChI is InChI=1S/C19H25FN4OS/c1-3-22-19(24-12-18(25)14-6-8-21-9-7-14)23-11-15-4-5-17(20)10-16(15)13-26-2/h4-10,18,25H,3,11-13H2,1-2H3,(H2,22,23,24). The first-order valence-electron chi connectivity index (χ1n) is 8.50. The van der Waals surface area contributed by atoms with E-state index in [1.54, 1.807) is 48.4 Å². The van der Waals surface area contributed by atoms with Gasteiger partial charge in [0.15, 0.2) is 5.96 Å². The van der Waals surface area contributed by atoms with Crippen LogP contribution in [-0.2, 0) is 12.3 Å². The Labute approximate surface area is 158 Å². The zero-order valence-electron chi connectivity index (χ0n) is 15.1. The number of aromatic nitrogens is 1. The number of aliphatic hydroxyl groups excluding tert-OH is 1. The van der Waals surface area contributed by atoms with Gasteiger partial charge in [0.2, 0.25) is 0 Å². The molecule has 1 aromatic carbocycles. The molecule has 1 atom stereocenters. The second kappa shape index (κ2) is 10.8. The highest BCUT2D eigenvalue weighted by Gasteiger charge is 2.09. The van der Waals surface area contributed by atoms with Gasteiger partial charge in [-0.15, -0.1) is 0 Å². The van der Waals surface area contributed by atoms with Crippen LogP contribution in [0.2, 0.25) is 0 Å². The molecular formula is C19H25FN4OS. The molecule has 0 fully saturated rings. The second-order valence-electron chi connectivity index (χ2n) is 5.72. The molecule has 0 spiro atoms. The minimum atomic E-state index is -0.653. The van der Waals surface area contributed by atoms with Crippen molar-refractivity contribution in [1.29, 1.82) is 0 Å². The monoisotopic (exact) mass is 376 g/mol. The van der Waals surface area contributed by atoms with E-state index in [0.29, 0.717) is 25.6 Å². The van der Waals surface area contributed by atoms with E-state index in [0.717, 1.165) is 22.4 Å². The predicted molar refractivity (Wildman–Crippen MR) is 106 cm³/mol. The smallest absolute Gasteiger partial charge is 0.191 e. The van der Waals surface area contributed by atoms with Crippen LogP contribution in [0.5, 0.6) is 0 Å². The molecule has 1 unspecified atom stereocenters. The summed E-state index contributed by atoms with van der Waals surface area (Å²) in [6.07, 6.45) is 4.64. The molecule has 2 aromatic rings. The maximum absolute atomic E-state index is 13.5. The Hall–Kier alpha value is -2.12. The van der Waals surface area contributed by atoms with Gasteiger partial charge in [0, 0.05) is 31.2 Å². The number of nitrogens with zero attached hydrogens (tertiary/aromatic N) is 2. The van der Waals surface area contributed by atoms with Crippen molar-refractivity contribution < 1.29 is 9.50 Å². The van der Waals surface area contributed by atoms with Crippen LogP contribution < -0.4 is 10.6 Å². The van der Waals surface area contributed by atoms with E-state index in [9.17, 15) is 9.50 Å². The summed E-state index contributed by atoms with van der Waals surface area (Å²) in [6.45, 7) is 3.46. The molecule has 0 amide bonds. The van der Waals surface area contributed by atoms with Crippen molar-refractivity contribution in [3.8, 4) is 0 Å². The first kappa shape index (κ1) is 20.2. The topological polar surface area (TPSA) is 69.5 Å². The van der Waals surface area contributed by atoms with E-state index < -0.39 is 6.10 Å². The van der Waals surface area contributed by atoms with Gasteiger partial charge in [-0.1, -0.05) is 6.07 Å². The number of hydrogen-bond acceptors (Lipinski definition) is 4. The molecule has 2 rings (SSSR count). The average molecular weight is 377 g/mol. The molecule has 1 aromatic heterocycles. The highest BCUT2D eigenvalue weighted by molar-refractivity contribution is 7.97. The summed E-state index contributed by atoms with van der Waals surface area (Å²) in [4.78, 5) is 8.51. The quantitative estimate of drug-likeness (QED) is 0.488. The van der Waals surface area contributed by atoms with Crippen molar-refractivity contribution in [3.63, 3.8) is 0 Å². The summed E-state index contributed by atoms with van der Waals surface area (Å²) in [5, 5.41) is 16.5. The van der Waals surface area contributed by atoms with Crippen LogP contribution in [0.1, 0.15) is 29.7 Å². The average Bonchev–Trinajstić information content (AvgIpc) is 2.66. The van der Waals surface area contributed by atoms with E-state index in [1.165, 1.54) is 6.07 Å². The predicted octanol–water partition coefficient (Wildman–Crippen LogP) is 2.87. The summed E-state index contributed by atoms with van der Waals surface area (Å²) in [6, 6.07) is 8.37. The highest BCUT2D eigenvalue weighted by atomic mass is 32.2. The number of benzene rings is 1. The number of rotatable bonds is 8. The van der Waals surface area contributed by atoms with Crippen molar-refractivity contribution in [2.75, 3.05) is 19.3 Å². The number of thioether (sulfide) groups is 1. The van der Waals surface area contributed by atoms with Crippen LogP contribution in [-0.4, -0.2) is 35.4 Å². The van der Waals surface area contributed by atoms with Crippen LogP contribution >= 0.6 is 11.8 Å². The Balaban J connectivity index is 2.02. The summed E-state index contributed by atoms with van der Waals surface area (Å²) in [7, 11) is 0. The first-order chi connectivity index (χ1) is 12.6.